The minimum absolute atomic E-state index is 0.225. The molecule has 3 heterocycles. The molecule has 0 spiro atoms. The van der Waals surface area contributed by atoms with E-state index in [0.717, 1.165) is 36.9 Å². The Hall–Kier alpha value is -2.77. The van der Waals surface area contributed by atoms with Gasteiger partial charge in [-0.25, -0.2) is 9.97 Å². The van der Waals surface area contributed by atoms with E-state index in [4.69, 9.17) is 20.8 Å². The van der Waals surface area contributed by atoms with E-state index in [1.807, 2.05) is 38.7 Å². The lowest BCUT2D eigenvalue weighted by Crippen LogP contribution is -2.34. The van der Waals surface area contributed by atoms with E-state index in [9.17, 15) is 4.57 Å². The van der Waals surface area contributed by atoms with Crippen LogP contribution >= 0.6 is 18.7 Å². The molecule has 0 saturated carbocycles. The largest absolute Gasteiger partial charge is 0.494 e. The molecule has 3 aromatic rings. The van der Waals surface area contributed by atoms with Crippen LogP contribution in [0.15, 0.2) is 35.0 Å². The number of nitrogens with zero attached hydrogens (tertiary/aromatic N) is 4. The van der Waals surface area contributed by atoms with Gasteiger partial charge in [0.15, 0.2) is 5.82 Å². The smallest absolute Gasteiger partial charge is 0.301 e. The van der Waals surface area contributed by atoms with Crippen molar-refractivity contribution in [3.63, 3.8) is 0 Å². The van der Waals surface area contributed by atoms with Crippen LogP contribution in [0.2, 0.25) is 5.02 Å². The SMILES string of the molecule is COc1cc(N2CCP(C)(=O)CC2)ccc1Nc1nc(Nc2ncc(C(C)C)o2)ncc1Cl. The van der Waals surface area contributed by atoms with E-state index in [1.165, 1.54) is 6.20 Å². The van der Waals surface area contributed by atoms with Crippen LogP contribution in [0, 0.1) is 0 Å². The maximum absolute atomic E-state index is 12.3. The number of methoxy groups -OCH3 is 1. The fourth-order valence-electron chi connectivity index (χ4n) is 3.48. The third-order valence-corrected chi connectivity index (χ3v) is 8.11. The fourth-order valence-corrected chi connectivity index (χ4v) is 5.17. The molecule has 0 bridgehead atoms. The standard InChI is InChI=1S/C22H28ClN6O3P/c1-14(2)19-13-25-22(32-19)28-21-24-12-16(23)20(27-21)26-17-6-5-15(11-18(17)31-3)29-7-9-33(4,30)10-8-29/h5-6,11-14H,7-10H2,1-4H3,(H2,24,25,26,27,28). The zero-order valence-corrected chi connectivity index (χ0v) is 20.8. The van der Waals surface area contributed by atoms with Crippen molar-refractivity contribution in [3.05, 3.63) is 41.4 Å². The number of rotatable bonds is 7. The first kappa shape index (κ1) is 23.4. The fraction of sp³-hybridized carbons (Fsp3) is 0.409. The highest BCUT2D eigenvalue weighted by atomic mass is 35.5. The predicted octanol–water partition coefficient (Wildman–Crippen LogP) is 5.55. The summed E-state index contributed by atoms with van der Waals surface area (Å²) in [6.07, 6.45) is 4.63. The molecular weight excluding hydrogens is 463 g/mol. The van der Waals surface area contributed by atoms with Crippen molar-refractivity contribution in [2.24, 2.45) is 0 Å². The Bertz CT molecular complexity index is 1170. The molecule has 33 heavy (non-hydrogen) atoms. The van der Waals surface area contributed by atoms with Gasteiger partial charge in [-0.3, -0.25) is 5.32 Å². The molecule has 9 nitrogen and oxygen atoms in total. The molecule has 0 aliphatic carbocycles. The highest BCUT2D eigenvalue weighted by molar-refractivity contribution is 7.63. The van der Waals surface area contributed by atoms with Crippen molar-refractivity contribution < 1.29 is 13.7 Å². The summed E-state index contributed by atoms with van der Waals surface area (Å²) < 4.78 is 23.6. The summed E-state index contributed by atoms with van der Waals surface area (Å²) in [5.74, 6) is 2.36. The average Bonchev–Trinajstić information content (AvgIpc) is 3.25. The molecular formula is C22H28ClN6O3P. The summed E-state index contributed by atoms with van der Waals surface area (Å²) >= 11 is 6.34. The van der Waals surface area contributed by atoms with Gasteiger partial charge in [0.05, 0.1) is 32.3 Å². The number of oxazole rings is 1. The lowest BCUT2D eigenvalue weighted by atomic mass is 10.2. The Balaban J connectivity index is 1.51. The van der Waals surface area contributed by atoms with Gasteiger partial charge in [0.25, 0.3) is 0 Å². The molecule has 1 aromatic carbocycles. The van der Waals surface area contributed by atoms with E-state index in [1.54, 1.807) is 13.3 Å². The van der Waals surface area contributed by atoms with E-state index in [0.29, 0.717) is 34.2 Å². The van der Waals surface area contributed by atoms with Crippen LogP contribution in [0.3, 0.4) is 0 Å². The highest BCUT2D eigenvalue weighted by Crippen LogP contribution is 2.44. The summed E-state index contributed by atoms with van der Waals surface area (Å²) in [6.45, 7) is 7.48. The van der Waals surface area contributed by atoms with E-state index in [2.05, 4.69) is 30.5 Å². The van der Waals surface area contributed by atoms with Crippen LogP contribution in [0.1, 0.15) is 25.5 Å². The van der Waals surface area contributed by atoms with Gasteiger partial charge >= 0.3 is 6.01 Å². The summed E-state index contributed by atoms with van der Waals surface area (Å²) in [5, 5.41) is 6.54. The zero-order chi connectivity index (χ0) is 23.6. The summed E-state index contributed by atoms with van der Waals surface area (Å²) in [7, 11) is -0.374. The van der Waals surface area contributed by atoms with Gasteiger partial charge in [-0.2, -0.15) is 4.98 Å². The van der Waals surface area contributed by atoms with Gasteiger partial charge in [0.1, 0.15) is 16.5 Å². The van der Waals surface area contributed by atoms with Crippen LogP contribution in [-0.2, 0) is 4.57 Å². The van der Waals surface area contributed by atoms with Gasteiger partial charge in [-0.1, -0.05) is 25.4 Å². The monoisotopic (exact) mass is 490 g/mol. The van der Waals surface area contributed by atoms with E-state index in [-0.39, 0.29) is 5.92 Å². The van der Waals surface area contributed by atoms with Crippen molar-refractivity contribution in [2.75, 3.05) is 54.7 Å². The molecule has 2 aromatic heterocycles. The van der Waals surface area contributed by atoms with Crippen LogP contribution in [0.4, 0.5) is 29.2 Å². The van der Waals surface area contributed by atoms with Crippen LogP contribution < -0.4 is 20.3 Å². The number of nitrogens with one attached hydrogen (secondary N) is 2. The van der Waals surface area contributed by atoms with Gasteiger partial charge in [0.2, 0.25) is 5.95 Å². The third-order valence-electron chi connectivity index (χ3n) is 5.54. The quantitative estimate of drug-likeness (QED) is 0.412. The second kappa shape index (κ2) is 9.61. The second-order valence-corrected chi connectivity index (χ2v) is 12.4. The van der Waals surface area contributed by atoms with Gasteiger partial charge in [0, 0.05) is 43.1 Å². The zero-order valence-electron chi connectivity index (χ0n) is 19.1. The molecule has 1 saturated heterocycles. The average molecular weight is 491 g/mol. The molecule has 2 N–H and O–H groups in total. The van der Waals surface area contributed by atoms with Crippen molar-refractivity contribution in [2.45, 2.75) is 19.8 Å². The number of anilines is 5. The Morgan fingerprint density at radius 2 is 1.94 bits per heavy atom. The lowest BCUT2D eigenvalue weighted by Gasteiger charge is -2.32. The van der Waals surface area contributed by atoms with Gasteiger partial charge < -0.3 is 23.9 Å². The van der Waals surface area contributed by atoms with Crippen molar-refractivity contribution in [1.29, 1.82) is 0 Å². The molecule has 1 aliphatic heterocycles. The third kappa shape index (κ3) is 5.60. The maximum atomic E-state index is 12.3. The number of ether oxygens (including phenoxy) is 1. The molecule has 0 radical (unpaired) electrons. The maximum Gasteiger partial charge on any atom is 0.301 e. The Morgan fingerprint density at radius 1 is 1.18 bits per heavy atom. The van der Waals surface area contributed by atoms with Crippen molar-refractivity contribution in [1.82, 2.24) is 15.0 Å². The van der Waals surface area contributed by atoms with Crippen LogP contribution in [-0.4, -0.2) is 54.1 Å². The molecule has 176 valence electrons. The number of aromatic nitrogens is 3. The van der Waals surface area contributed by atoms with Gasteiger partial charge in [-0.05, 0) is 18.8 Å². The number of hydrogen-bond donors (Lipinski definition) is 2. The Morgan fingerprint density at radius 3 is 2.61 bits per heavy atom. The number of halogens is 1. The number of benzene rings is 1. The minimum Gasteiger partial charge on any atom is -0.494 e. The normalized spacial score (nSPS) is 15.5. The minimum atomic E-state index is -1.99. The highest BCUT2D eigenvalue weighted by Gasteiger charge is 2.24. The van der Waals surface area contributed by atoms with Crippen LogP contribution in [0.25, 0.3) is 0 Å². The second-order valence-electron chi connectivity index (χ2n) is 8.48. The topological polar surface area (TPSA) is 105 Å². The molecule has 0 atom stereocenters. The first-order valence-electron chi connectivity index (χ1n) is 10.7. The van der Waals surface area contributed by atoms with Crippen LogP contribution in [0.5, 0.6) is 5.75 Å². The number of hydrogen-bond acceptors (Lipinski definition) is 9. The summed E-state index contributed by atoms with van der Waals surface area (Å²) in [5.41, 5.74) is 1.74. The molecule has 11 heteroatoms. The summed E-state index contributed by atoms with van der Waals surface area (Å²) in [6, 6.07) is 6.20. The van der Waals surface area contributed by atoms with Crippen molar-refractivity contribution in [3.8, 4) is 5.75 Å². The first-order chi connectivity index (χ1) is 15.7. The molecule has 0 unspecified atom stereocenters. The van der Waals surface area contributed by atoms with Crippen molar-refractivity contribution >= 4 is 47.9 Å². The molecule has 0 amide bonds. The summed E-state index contributed by atoms with van der Waals surface area (Å²) in [4.78, 5) is 15.1. The van der Waals surface area contributed by atoms with Gasteiger partial charge in [-0.15, -0.1) is 0 Å². The molecule has 1 fully saturated rings. The Labute approximate surface area is 198 Å². The Kier molecular flexibility index (Phi) is 6.81. The first-order valence-corrected chi connectivity index (χ1v) is 13.6. The predicted molar refractivity (Wildman–Crippen MR) is 133 cm³/mol. The van der Waals surface area contributed by atoms with E-state index >= 15 is 0 Å². The van der Waals surface area contributed by atoms with E-state index < -0.39 is 7.14 Å². The molecule has 4 rings (SSSR count). The lowest BCUT2D eigenvalue weighted by molar-refractivity contribution is 0.417. The molecule has 1 aliphatic rings.